The number of rotatable bonds is 8. The van der Waals surface area contributed by atoms with Crippen molar-refractivity contribution in [3.05, 3.63) is 92.4 Å². The van der Waals surface area contributed by atoms with Crippen LogP contribution in [-0.4, -0.2) is 34.3 Å². The van der Waals surface area contributed by atoms with Gasteiger partial charge in [-0.2, -0.15) is 9.82 Å². The topological polar surface area (TPSA) is 106 Å². The summed E-state index contributed by atoms with van der Waals surface area (Å²) in [6.07, 6.45) is 0.382. The molecule has 0 aliphatic carbocycles. The fourth-order valence-corrected chi connectivity index (χ4v) is 5.97. The Morgan fingerprint density at radius 1 is 1.03 bits per heavy atom. The number of ether oxygens (including phenoxy) is 2. The molecule has 0 spiro atoms. The normalized spacial score (nSPS) is 16.0. The number of hydrogen-bond donors (Lipinski definition) is 2. The molecule has 12 heteroatoms. The van der Waals surface area contributed by atoms with E-state index >= 15 is 0 Å². The molecular weight excluding hydrogens is 561 g/mol. The van der Waals surface area contributed by atoms with Gasteiger partial charge in [0.2, 0.25) is 10.0 Å². The van der Waals surface area contributed by atoms with Crippen molar-refractivity contribution in [2.45, 2.75) is 23.4 Å². The number of halogens is 3. The molecule has 0 aromatic heterocycles. The van der Waals surface area contributed by atoms with Crippen LogP contribution in [0.15, 0.2) is 70.7 Å². The van der Waals surface area contributed by atoms with E-state index in [4.69, 9.17) is 44.3 Å². The van der Waals surface area contributed by atoms with E-state index in [0.29, 0.717) is 27.7 Å². The molecule has 37 heavy (non-hydrogen) atoms. The zero-order valence-electron chi connectivity index (χ0n) is 19.7. The molecule has 0 fully saturated rings. The van der Waals surface area contributed by atoms with E-state index in [1.54, 1.807) is 24.3 Å². The SMILES string of the molecule is COC(=O)c1ccc(OC)c(S(=O)(=O)NC(C2=NNC(c3ccc(Cl)cc3)C2)c2ccc(Cl)cc2Cl)c1. The third kappa shape index (κ3) is 6.02. The van der Waals surface area contributed by atoms with Gasteiger partial charge in [-0.1, -0.05) is 53.0 Å². The zero-order chi connectivity index (χ0) is 26.7. The van der Waals surface area contributed by atoms with Gasteiger partial charge in [0.15, 0.2) is 0 Å². The van der Waals surface area contributed by atoms with E-state index in [0.717, 1.165) is 5.56 Å². The molecule has 2 unspecified atom stereocenters. The number of hydrogen-bond acceptors (Lipinski definition) is 7. The smallest absolute Gasteiger partial charge is 0.337 e. The van der Waals surface area contributed by atoms with E-state index in [9.17, 15) is 13.2 Å². The third-order valence-electron chi connectivity index (χ3n) is 5.80. The minimum Gasteiger partial charge on any atom is -0.495 e. The van der Waals surface area contributed by atoms with Crippen molar-refractivity contribution < 1.29 is 22.7 Å². The van der Waals surface area contributed by atoms with Gasteiger partial charge in [0.1, 0.15) is 10.6 Å². The van der Waals surface area contributed by atoms with Crippen molar-refractivity contribution in [2.75, 3.05) is 14.2 Å². The van der Waals surface area contributed by atoms with Gasteiger partial charge in [0.05, 0.1) is 37.6 Å². The van der Waals surface area contributed by atoms with Crippen molar-refractivity contribution in [3.8, 4) is 5.75 Å². The number of sulfonamides is 1. The Bertz CT molecular complexity index is 1460. The zero-order valence-corrected chi connectivity index (χ0v) is 22.8. The Labute approximate surface area is 229 Å². The van der Waals surface area contributed by atoms with Crippen LogP contribution in [-0.2, 0) is 14.8 Å². The molecule has 0 radical (unpaired) electrons. The van der Waals surface area contributed by atoms with Crippen molar-refractivity contribution in [1.82, 2.24) is 10.1 Å². The highest BCUT2D eigenvalue weighted by molar-refractivity contribution is 7.89. The van der Waals surface area contributed by atoms with Gasteiger partial charge in [-0.3, -0.25) is 0 Å². The predicted octanol–water partition coefficient (Wildman–Crippen LogP) is 5.55. The Kier molecular flexibility index (Phi) is 8.30. The number of nitrogens with one attached hydrogen (secondary N) is 2. The number of nitrogens with zero attached hydrogens (tertiary/aromatic N) is 1. The van der Waals surface area contributed by atoms with Crippen LogP contribution in [0.1, 0.15) is 40.0 Å². The molecular formula is C25H22Cl3N3O5S. The number of methoxy groups -OCH3 is 2. The van der Waals surface area contributed by atoms with Crippen LogP contribution in [0.2, 0.25) is 15.1 Å². The van der Waals surface area contributed by atoms with Gasteiger partial charge in [0, 0.05) is 21.5 Å². The summed E-state index contributed by atoms with van der Waals surface area (Å²) in [7, 11) is -1.72. The number of carbonyl (C=O) groups is 1. The van der Waals surface area contributed by atoms with Crippen LogP contribution in [0.4, 0.5) is 0 Å². The molecule has 4 rings (SSSR count). The fourth-order valence-electron chi connectivity index (χ4n) is 3.93. The average Bonchev–Trinajstić information content (AvgIpc) is 3.37. The highest BCUT2D eigenvalue weighted by atomic mass is 35.5. The Morgan fingerprint density at radius 3 is 2.38 bits per heavy atom. The van der Waals surface area contributed by atoms with Gasteiger partial charge in [-0.25, -0.2) is 13.2 Å². The van der Waals surface area contributed by atoms with E-state index in [-0.39, 0.29) is 27.3 Å². The number of hydrazone groups is 1. The first-order valence-corrected chi connectivity index (χ1v) is 13.6. The Balaban J connectivity index is 1.73. The molecule has 2 N–H and O–H groups in total. The van der Waals surface area contributed by atoms with Crippen LogP contribution in [0.3, 0.4) is 0 Å². The number of carbonyl (C=O) groups excluding carboxylic acids is 1. The first-order valence-electron chi connectivity index (χ1n) is 10.9. The molecule has 3 aromatic carbocycles. The van der Waals surface area contributed by atoms with Crippen molar-refractivity contribution in [2.24, 2.45) is 5.10 Å². The highest BCUT2D eigenvalue weighted by Crippen LogP contribution is 2.35. The van der Waals surface area contributed by atoms with E-state index in [1.165, 1.54) is 38.5 Å². The van der Waals surface area contributed by atoms with Crippen molar-refractivity contribution in [3.63, 3.8) is 0 Å². The number of benzene rings is 3. The standard InChI is InChI=1S/C25H22Cl3N3O5S/c1-35-22-10-5-15(25(32)36-2)11-23(22)37(33,34)31-24(18-9-8-17(27)12-19(18)28)21-13-20(29-30-21)14-3-6-16(26)7-4-14/h3-12,20,24,29,31H,13H2,1-2H3. The second-order valence-electron chi connectivity index (χ2n) is 8.12. The van der Waals surface area contributed by atoms with Gasteiger partial charge in [-0.05, 0) is 53.6 Å². The Morgan fingerprint density at radius 2 is 1.73 bits per heavy atom. The van der Waals surface area contributed by atoms with Crippen LogP contribution in [0.25, 0.3) is 0 Å². The maximum atomic E-state index is 13.7. The maximum Gasteiger partial charge on any atom is 0.337 e. The highest BCUT2D eigenvalue weighted by Gasteiger charge is 2.33. The molecule has 1 aliphatic rings. The van der Waals surface area contributed by atoms with E-state index < -0.39 is 22.0 Å². The first-order chi connectivity index (χ1) is 17.6. The van der Waals surface area contributed by atoms with Crippen molar-refractivity contribution in [1.29, 1.82) is 0 Å². The molecule has 0 amide bonds. The molecule has 1 heterocycles. The minimum atomic E-state index is -4.27. The predicted molar refractivity (Wildman–Crippen MR) is 143 cm³/mol. The Hall–Kier alpha value is -2.82. The maximum absolute atomic E-state index is 13.7. The summed E-state index contributed by atoms with van der Waals surface area (Å²) in [5, 5.41) is 5.70. The summed E-state index contributed by atoms with van der Waals surface area (Å²) < 4.78 is 40.1. The lowest BCUT2D eigenvalue weighted by Gasteiger charge is -2.22. The minimum absolute atomic E-state index is 0.0478. The van der Waals surface area contributed by atoms with Crippen LogP contribution < -0.4 is 14.9 Å². The lowest BCUT2D eigenvalue weighted by molar-refractivity contribution is 0.0600. The van der Waals surface area contributed by atoms with Gasteiger partial charge in [-0.15, -0.1) is 0 Å². The molecule has 1 aliphatic heterocycles. The molecule has 0 saturated carbocycles. The average molecular weight is 583 g/mol. The van der Waals surface area contributed by atoms with Gasteiger partial charge < -0.3 is 14.9 Å². The molecule has 194 valence electrons. The fraction of sp³-hybridized carbons (Fsp3) is 0.200. The summed E-state index contributed by atoms with van der Waals surface area (Å²) in [5.41, 5.74) is 4.99. The second kappa shape index (κ2) is 11.3. The quantitative estimate of drug-likeness (QED) is 0.337. The van der Waals surface area contributed by atoms with Crippen molar-refractivity contribution >= 4 is 56.5 Å². The summed E-state index contributed by atoms with van der Waals surface area (Å²) in [5.74, 6) is -0.641. The monoisotopic (exact) mass is 581 g/mol. The van der Waals surface area contributed by atoms with E-state index in [1.807, 2.05) is 12.1 Å². The number of esters is 1. The largest absolute Gasteiger partial charge is 0.495 e. The lowest BCUT2D eigenvalue weighted by atomic mass is 9.96. The summed E-state index contributed by atoms with van der Waals surface area (Å²) in [6.45, 7) is 0. The van der Waals surface area contributed by atoms with Gasteiger partial charge in [0.25, 0.3) is 0 Å². The molecule has 8 nitrogen and oxygen atoms in total. The molecule has 0 bridgehead atoms. The first kappa shape index (κ1) is 27.2. The van der Waals surface area contributed by atoms with Crippen LogP contribution in [0.5, 0.6) is 5.75 Å². The van der Waals surface area contributed by atoms with Crippen LogP contribution >= 0.6 is 34.8 Å². The second-order valence-corrected chi connectivity index (χ2v) is 11.1. The summed E-state index contributed by atoms with van der Waals surface area (Å²) >= 11 is 18.6. The summed E-state index contributed by atoms with van der Waals surface area (Å²) in [4.78, 5) is 11.8. The summed E-state index contributed by atoms with van der Waals surface area (Å²) in [6, 6.07) is 14.9. The van der Waals surface area contributed by atoms with Crippen LogP contribution in [0, 0.1) is 0 Å². The third-order valence-corrected chi connectivity index (χ3v) is 8.06. The van der Waals surface area contributed by atoms with Gasteiger partial charge >= 0.3 is 5.97 Å². The lowest BCUT2D eigenvalue weighted by Crippen LogP contribution is -2.34. The molecule has 0 saturated heterocycles. The molecule has 3 aromatic rings. The van der Waals surface area contributed by atoms with E-state index in [2.05, 4.69) is 15.2 Å². The molecule has 2 atom stereocenters.